The number of benzene rings is 4. The van der Waals surface area contributed by atoms with Gasteiger partial charge < -0.3 is 4.90 Å². The van der Waals surface area contributed by atoms with E-state index in [0.717, 1.165) is 18.1 Å². The number of hydrogen-bond donors (Lipinski definition) is 0. The van der Waals surface area contributed by atoms with Crippen LogP contribution in [0, 0.1) is 0 Å². The van der Waals surface area contributed by atoms with Gasteiger partial charge in [-0.05, 0) is 46.2 Å². The summed E-state index contributed by atoms with van der Waals surface area (Å²) in [6.07, 6.45) is 0. The molecule has 0 bridgehead atoms. The van der Waals surface area contributed by atoms with Crippen molar-refractivity contribution in [2.45, 2.75) is 13.8 Å². The van der Waals surface area contributed by atoms with Crippen LogP contribution in [0.4, 0.5) is 0 Å². The van der Waals surface area contributed by atoms with E-state index in [0.29, 0.717) is 0 Å². The van der Waals surface area contributed by atoms with E-state index in [1.165, 1.54) is 37.9 Å². The fourth-order valence-corrected chi connectivity index (χ4v) is 4.04. The van der Waals surface area contributed by atoms with Crippen molar-refractivity contribution < 1.29 is 0 Å². The topological polar surface area (TPSA) is 3.24 Å². The largest absolute Gasteiger partial charge is 0.363 e. The van der Waals surface area contributed by atoms with Crippen molar-refractivity contribution in [2.75, 3.05) is 13.1 Å². The normalized spacial score (nSPS) is 11.6. The summed E-state index contributed by atoms with van der Waals surface area (Å²) in [4.78, 5) is 3.20. The highest BCUT2D eigenvalue weighted by molar-refractivity contribution is 7.80. The molecule has 0 atom stereocenters. The lowest BCUT2D eigenvalue weighted by Crippen LogP contribution is -2.29. The number of rotatable bonds is 3. The Bertz CT molecular complexity index is 999. The molecule has 0 spiro atoms. The molecule has 2 heteroatoms. The van der Waals surface area contributed by atoms with Gasteiger partial charge in [-0.15, -0.1) is 0 Å². The highest BCUT2D eigenvalue weighted by Crippen LogP contribution is 2.36. The van der Waals surface area contributed by atoms with Crippen LogP contribution in [0.3, 0.4) is 0 Å². The molecule has 0 saturated heterocycles. The molecule has 0 unspecified atom stereocenters. The molecule has 4 rings (SSSR count). The Balaban J connectivity index is 2.09. The molecule has 0 aliphatic carbocycles. The summed E-state index contributed by atoms with van der Waals surface area (Å²) >= 11 is 5.79. The monoisotopic (exact) mass is 317 g/mol. The summed E-state index contributed by atoms with van der Waals surface area (Å²) in [5.41, 5.74) is 1.18. The maximum Gasteiger partial charge on any atom is 0.109 e. The van der Waals surface area contributed by atoms with Gasteiger partial charge in [0, 0.05) is 18.7 Å². The van der Waals surface area contributed by atoms with Crippen LogP contribution in [0.15, 0.2) is 54.6 Å². The van der Waals surface area contributed by atoms with Crippen molar-refractivity contribution in [3.8, 4) is 0 Å². The first kappa shape index (κ1) is 14.4. The summed E-state index contributed by atoms with van der Waals surface area (Å²) in [6.45, 7) is 6.20. The van der Waals surface area contributed by atoms with Crippen LogP contribution in [0.5, 0.6) is 0 Å². The summed E-state index contributed by atoms with van der Waals surface area (Å²) in [6, 6.07) is 19.8. The predicted molar refractivity (Wildman–Crippen MR) is 105 cm³/mol. The van der Waals surface area contributed by atoms with E-state index in [-0.39, 0.29) is 0 Å². The van der Waals surface area contributed by atoms with Crippen LogP contribution >= 0.6 is 12.2 Å². The van der Waals surface area contributed by atoms with Gasteiger partial charge in [-0.25, -0.2) is 0 Å². The molecule has 0 saturated carbocycles. The first-order chi connectivity index (χ1) is 11.2. The van der Waals surface area contributed by atoms with Crippen molar-refractivity contribution in [2.24, 2.45) is 0 Å². The minimum atomic E-state index is 0.942. The van der Waals surface area contributed by atoms with E-state index < -0.39 is 0 Å². The SMILES string of the molecule is CCN(CC)C(=S)c1ccc2ccc3cccc4ccc1c2c34. The Hall–Kier alpha value is -2.19. The van der Waals surface area contributed by atoms with Gasteiger partial charge in [-0.1, -0.05) is 66.8 Å². The standard InChI is InChI=1S/C21H19NS/c1-3-22(4-2)21(23)18-13-11-16-9-8-14-6-5-7-15-10-12-17(18)20(16)19(14)15/h5-13H,3-4H2,1-2H3. The third-order valence-electron chi connectivity index (χ3n) is 4.81. The van der Waals surface area contributed by atoms with E-state index in [1.54, 1.807) is 0 Å². The molecular weight excluding hydrogens is 298 g/mol. The quantitative estimate of drug-likeness (QED) is 0.357. The average Bonchev–Trinajstić information content (AvgIpc) is 2.60. The number of hydrogen-bond acceptors (Lipinski definition) is 1. The van der Waals surface area contributed by atoms with Crippen molar-refractivity contribution in [3.63, 3.8) is 0 Å². The lowest BCUT2D eigenvalue weighted by atomic mass is 9.92. The zero-order valence-corrected chi connectivity index (χ0v) is 14.3. The third-order valence-corrected chi connectivity index (χ3v) is 5.29. The zero-order valence-electron chi connectivity index (χ0n) is 13.5. The molecule has 4 aromatic rings. The first-order valence-electron chi connectivity index (χ1n) is 8.20. The molecule has 1 nitrogen and oxygen atoms in total. The molecule has 0 radical (unpaired) electrons. The second kappa shape index (κ2) is 5.47. The highest BCUT2D eigenvalue weighted by atomic mass is 32.1. The fraction of sp³-hybridized carbons (Fsp3) is 0.190. The molecule has 114 valence electrons. The zero-order chi connectivity index (χ0) is 16.0. The van der Waals surface area contributed by atoms with Gasteiger partial charge in [0.05, 0.1) is 0 Å². The van der Waals surface area contributed by atoms with Gasteiger partial charge in [0.2, 0.25) is 0 Å². The van der Waals surface area contributed by atoms with Gasteiger partial charge in [-0.3, -0.25) is 0 Å². The minimum absolute atomic E-state index is 0.942. The predicted octanol–water partition coefficient (Wildman–Crippen LogP) is 5.60. The molecule has 0 aliphatic rings. The van der Waals surface area contributed by atoms with Crippen molar-refractivity contribution in [1.82, 2.24) is 4.90 Å². The third kappa shape index (κ3) is 2.09. The van der Waals surface area contributed by atoms with Crippen LogP contribution in [-0.4, -0.2) is 23.0 Å². The Morgan fingerprint density at radius 3 is 2.00 bits per heavy atom. The number of nitrogens with zero attached hydrogens (tertiary/aromatic N) is 1. The maximum absolute atomic E-state index is 5.79. The smallest absolute Gasteiger partial charge is 0.109 e. The molecule has 0 fully saturated rings. The molecule has 0 N–H and O–H groups in total. The van der Waals surface area contributed by atoms with Gasteiger partial charge >= 0.3 is 0 Å². The van der Waals surface area contributed by atoms with Crippen LogP contribution in [0.1, 0.15) is 19.4 Å². The average molecular weight is 317 g/mol. The number of thiocarbonyl (C=S) groups is 1. The molecular formula is C21H19NS. The molecule has 0 aliphatic heterocycles. The molecule has 0 aromatic heterocycles. The first-order valence-corrected chi connectivity index (χ1v) is 8.61. The Morgan fingerprint density at radius 1 is 0.783 bits per heavy atom. The van der Waals surface area contributed by atoms with Crippen molar-refractivity contribution in [1.29, 1.82) is 0 Å². The Labute approximate surface area is 141 Å². The second-order valence-corrected chi connectivity index (χ2v) is 6.33. The van der Waals surface area contributed by atoms with E-state index in [2.05, 4.69) is 73.3 Å². The van der Waals surface area contributed by atoms with Crippen LogP contribution in [-0.2, 0) is 0 Å². The van der Waals surface area contributed by atoms with E-state index >= 15 is 0 Å². The van der Waals surface area contributed by atoms with E-state index in [9.17, 15) is 0 Å². The van der Waals surface area contributed by atoms with Crippen LogP contribution in [0.25, 0.3) is 32.3 Å². The summed E-state index contributed by atoms with van der Waals surface area (Å²) in [5, 5.41) is 7.84. The van der Waals surface area contributed by atoms with Crippen molar-refractivity contribution >= 4 is 49.5 Å². The van der Waals surface area contributed by atoms with Gasteiger partial charge in [0.1, 0.15) is 4.99 Å². The van der Waals surface area contributed by atoms with Crippen LogP contribution < -0.4 is 0 Å². The van der Waals surface area contributed by atoms with Gasteiger partial charge in [-0.2, -0.15) is 0 Å². The van der Waals surface area contributed by atoms with Gasteiger partial charge in [0.25, 0.3) is 0 Å². The van der Waals surface area contributed by atoms with Gasteiger partial charge in [0.15, 0.2) is 0 Å². The summed E-state index contributed by atoms with van der Waals surface area (Å²) < 4.78 is 0. The molecule has 23 heavy (non-hydrogen) atoms. The Kier molecular flexibility index (Phi) is 3.42. The van der Waals surface area contributed by atoms with E-state index in [1.807, 2.05) is 0 Å². The summed E-state index contributed by atoms with van der Waals surface area (Å²) in [7, 11) is 0. The lowest BCUT2D eigenvalue weighted by Gasteiger charge is -2.23. The lowest BCUT2D eigenvalue weighted by molar-refractivity contribution is 0.475. The fourth-order valence-electron chi connectivity index (χ4n) is 3.60. The maximum atomic E-state index is 5.79. The van der Waals surface area contributed by atoms with E-state index in [4.69, 9.17) is 12.2 Å². The minimum Gasteiger partial charge on any atom is -0.363 e. The van der Waals surface area contributed by atoms with Crippen molar-refractivity contribution in [3.05, 3.63) is 60.2 Å². The molecule has 4 aromatic carbocycles. The molecule has 0 heterocycles. The highest BCUT2D eigenvalue weighted by Gasteiger charge is 2.15. The molecule has 0 amide bonds. The second-order valence-electron chi connectivity index (χ2n) is 5.95. The Morgan fingerprint density at radius 2 is 1.35 bits per heavy atom. The van der Waals surface area contributed by atoms with Crippen LogP contribution in [0.2, 0.25) is 0 Å². The summed E-state index contributed by atoms with van der Waals surface area (Å²) in [5.74, 6) is 0.